The van der Waals surface area contributed by atoms with Gasteiger partial charge in [-0.15, -0.1) is 0 Å². The molecule has 1 fully saturated rings. The van der Waals surface area contributed by atoms with E-state index in [4.69, 9.17) is 5.73 Å². The van der Waals surface area contributed by atoms with Crippen LogP contribution in [0.2, 0.25) is 0 Å². The van der Waals surface area contributed by atoms with Crippen LogP contribution in [0.25, 0.3) is 0 Å². The largest absolute Gasteiger partial charge is 0.338 e. The van der Waals surface area contributed by atoms with Gasteiger partial charge in [-0.3, -0.25) is 14.9 Å². The minimum atomic E-state index is -0.386. The van der Waals surface area contributed by atoms with Crippen LogP contribution in [0.15, 0.2) is 18.2 Å². The molecule has 0 radical (unpaired) electrons. The van der Waals surface area contributed by atoms with Gasteiger partial charge in [-0.05, 0) is 42.9 Å². The molecular formula is C16H21N3O3. The predicted molar refractivity (Wildman–Crippen MR) is 82.1 cm³/mol. The molecule has 0 bridgehead atoms. The third-order valence-electron chi connectivity index (χ3n) is 5.00. The first-order chi connectivity index (χ1) is 10.6. The van der Waals surface area contributed by atoms with E-state index in [-0.39, 0.29) is 22.4 Å². The fourth-order valence-corrected chi connectivity index (χ4v) is 3.72. The van der Waals surface area contributed by atoms with Crippen LogP contribution in [0.5, 0.6) is 0 Å². The number of fused-ring (bicyclic) bond motifs is 1. The van der Waals surface area contributed by atoms with Gasteiger partial charge in [0, 0.05) is 31.1 Å². The SMILES string of the molecule is NC[C@H]1CCC[C@H]1C(=O)N1CCc2ccc([N+](=O)[O-])cc2C1. The monoisotopic (exact) mass is 303 g/mol. The van der Waals surface area contributed by atoms with Gasteiger partial charge in [-0.25, -0.2) is 0 Å². The van der Waals surface area contributed by atoms with E-state index in [1.807, 2.05) is 11.0 Å². The van der Waals surface area contributed by atoms with E-state index in [2.05, 4.69) is 0 Å². The van der Waals surface area contributed by atoms with E-state index in [9.17, 15) is 14.9 Å². The Morgan fingerprint density at radius 3 is 2.91 bits per heavy atom. The van der Waals surface area contributed by atoms with Crippen molar-refractivity contribution < 1.29 is 9.72 Å². The molecule has 1 saturated carbocycles. The maximum absolute atomic E-state index is 12.7. The van der Waals surface area contributed by atoms with Crippen molar-refractivity contribution >= 4 is 11.6 Å². The maximum Gasteiger partial charge on any atom is 0.269 e. The number of nitro benzene ring substituents is 1. The minimum absolute atomic E-state index is 0.0326. The van der Waals surface area contributed by atoms with Gasteiger partial charge in [-0.1, -0.05) is 12.5 Å². The molecule has 2 atom stereocenters. The summed E-state index contributed by atoms with van der Waals surface area (Å²) in [6.45, 7) is 1.73. The lowest BCUT2D eigenvalue weighted by Crippen LogP contribution is -2.41. The van der Waals surface area contributed by atoms with Crippen molar-refractivity contribution in [3.8, 4) is 0 Å². The first-order valence-corrected chi connectivity index (χ1v) is 7.85. The molecular weight excluding hydrogens is 282 g/mol. The third-order valence-corrected chi connectivity index (χ3v) is 5.00. The summed E-state index contributed by atoms with van der Waals surface area (Å²) >= 11 is 0. The lowest BCUT2D eigenvalue weighted by molar-refractivity contribution is -0.385. The molecule has 0 aromatic heterocycles. The first kappa shape index (κ1) is 15.0. The van der Waals surface area contributed by atoms with Crippen LogP contribution in [0.4, 0.5) is 5.69 Å². The molecule has 3 rings (SSSR count). The number of nitro groups is 1. The van der Waals surface area contributed by atoms with Gasteiger partial charge in [0.2, 0.25) is 5.91 Å². The van der Waals surface area contributed by atoms with E-state index in [1.165, 1.54) is 6.07 Å². The highest BCUT2D eigenvalue weighted by Gasteiger charge is 2.35. The first-order valence-electron chi connectivity index (χ1n) is 7.85. The summed E-state index contributed by atoms with van der Waals surface area (Å²) < 4.78 is 0. The standard InChI is InChI=1S/C16H21N3O3/c17-9-12-2-1-3-15(12)16(20)18-7-6-11-4-5-14(19(21)22)8-13(11)10-18/h4-5,8,12,15H,1-3,6-7,9-10,17H2/t12-,15-/m1/s1. The van der Waals surface area contributed by atoms with Crippen molar-refractivity contribution in [2.75, 3.05) is 13.1 Å². The number of rotatable bonds is 3. The van der Waals surface area contributed by atoms with Gasteiger partial charge in [0.05, 0.1) is 4.92 Å². The normalized spacial score (nSPS) is 24.1. The summed E-state index contributed by atoms with van der Waals surface area (Å²) in [5.74, 6) is 0.495. The van der Waals surface area contributed by atoms with Gasteiger partial charge < -0.3 is 10.6 Å². The fourth-order valence-electron chi connectivity index (χ4n) is 3.72. The second-order valence-electron chi connectivity index (χ2n) is 6.25. The number of nitrogens with zero attached hydrogens (tertiary/aromatic N) is 2. The smallest absolute Gasteiger partial charge is 0.269 e. The fraction of sp³-hybridized carbons (Fsp3) is 0.562. The Labute approximate surface area is 129 Å². The summed E-state index contributed by atoms with van der Waals surface area (Å²) in [7, 11) is 0. The van der Waals surface area contributed by atoms with E-state index >= 15 is 0 Å². The molecule has 6 nitrogen and oxygen atoms in total. The molecule has 2 aliphatic rings. The molecule has 2 N–H and O–H groups in total. The highest BCUT2D eigenvalue weighted by molar-refractivity contribution is 5.80. The summed E-state index contributed by atoms with van der Waals surface area (Å²) in [6, 6.07) is 4.95. The molecule has 6 heteroatoms. The predicted octanol–water partition coefficient (Wildman–Crippen LogP) is 1.85. The number of carbonyl (C=O) groups excluding carboxylic acids is 1. The molecule has 22 heavy (non-hydrogen) atoms. The zero-order chi connectivity index (χ0) is 15.7. The maximum atomic E-state index is 12.7. The van der Waals surface area contributed by atoms with Crippen molar-refractivity contribution in [1.29, 1.82) is 0 Å². The summed E-state index contributed by atoms with van der Waals surface area (Å²) in [6.07, 6.45) is 3.77. The average Bonchev–Trinajstić information content (AvgIpc) is 3.01. The molecule has 1 aromatic carbocycles. The zero-order valence-electron chi connectivity index (χ0n) is 12.5. The van der Waals surface area contributed by atoms with Crippen LogP contribution < -0.4 is 5.73 Å². The lowest BCUT2D eigenvalue weighted by atomic mass is 9.92. The molecule has 1 aliphatic heterocycles. The number of nitrogens with two attached hydrogens (primary N) is 1. The van der Waals surface area contributed by atoms with Crippen molar-refractivity contribution in [1.82, 2.24) is 4.90 Å². The molecule has 0 spiro atoms. The molecule has 1 aromatic rings. The summed E-state index contributed by atoms with van der Waals surface area (Å²) in [4.78, 5) is 25.1. The van der Waals surface area contributed by atoms with Gasteiger partial charge in [0.25, 0.3) is 5.69 Å². The number of hydrogen-bond acceptors (Lipinski definition) is 4. The summed E-state index contributed by atoms with van der Waals surface area (Å²) in [5.41, 5.74) is 7.87. The van der Waals surface area contributed by atoms with Crippen LogP contribution >= 0.6 is 0 Å². The van der Waals surface area contributed by atoms with Crippen LogP contribution in [0, 0.1) is 22.0 Å². The van der Waals surface area contributed by atoms with Crippen LogP contribution in [-0.4, -0.2) is 28.8 Å². The quantitative estimate of drug-likeness (QED) is 0.681. The van der Waals surface area contributed by atoms with Gasteiger partial charge in [0.15, 0.2) is 0 Å². The second-order valence-corrected chi connectivity index (χ2v) is 6.25. The Kier molecular flexibility index (Phi) is 4.11. The third kappa shape index (κ3) is 2.70. The van der Waals surface area contributed by atoms with Crippen LogP contribution in [0.3, 0.4) is 0 Å². The molecule has 1 heterocycles. The van der Waals surface area contributed by atoms with Crippen molar-refractivity contribution in [3.05, 3.63) is 39.4 Å². The summed E-state index contributed by atoms with van der Waals surface area (Å²) in [5, 5.41) is 10.9. The Hall–Kier alpha value is -1.95. The lowest BCUT2D eigenvalue weighted by Gasteiger charge is -2.32. The topological polar surface area (TPSA) is 89.5 Å². The van der Waals surface area contributed by atoms with Crippen molar-refractivity contribution in [3.63, 3.8) is 0 Å². The number of hydrogen-bond donors (Lipinski definition) is 1. The van der Waals surface area contributed by atoms with Crippen molar-refractivity contribution in [2.45, 2.75) is 32.2 Å². The Balaban J connectivity index is 1.77. The Morgan fingerprint density at radius 1 is 1.36 bits per heavy atom. The van der Waals surface area contributed by atoms with E-state index in [0.29, 0.717) is 25.6 Å². The zero-order valence-corrected chi connectivity index (χ0v) is 12.5. The van der Waals surface area contributed by atoms with Gasteiger partial charge >= 0.3 is 0 Å². The highest BCUT2D eigenvalue weighted by atomic mass is 16.6. The molecule has 0 unspecified atom stereocenters. The molecule has 118 valence electrons. The number of non-ortho nitro benzene ring substituents is 1. The van der Waals surface area contributed by atoms with E-state index in [1.54, 1.807) is 6.07 Å². The average molecular weight is 303 g/mol. The van der Waals surface area contributed by atoms with E-state index < -0.39 is 0 Å². The molecule has 1 aliphatic carbocycles. The van der Waals surface area contributed by atoms with Gasteiger partial charge in [0.1, 0.15) is 0 Å². The highest BCUT2D eigenvalue weighted by Crippen LogP contribution is 2.34. The van der Waals surface area contributed by atoms with Crippen LogP contribution in [0.1, 0.15) is 30.4 Å². The van der Waals surface area contributed by atoms with Gasteiger partial charge in [-0.2, -0.15) is 0 Å². The minimum Gasteiger partial charge on any atom is -0.338 e. The number of benzene rings is 1. The molecule has 1 amide bonds. The van der Waals surface area contributed by atoms with E-state index in [0.717, 1.165) is 36.8 Å². The number of amides is 1. The Morgan fingerprint density at radius 2 is 2.18 bits per heavy atom. The van der Waals surface area contributed by atoms with Crippen molar-refractivity contribution in [2.24, 2.45) is 17.6 Å². The second kappa shape index (κ2) is 6.04. The Bertz CT molecular complexity index is 602. The molecule has 0 saturated heterocycles. The van der Waals surface area contributed by atoms with Crippen LogP contribution in [-0.2, 0) is 17.8 Å². The number of carbonyl (C=O) groups is 1.